The maximum absolute atomic E-state index is 8.36. The van der Waals surface area contributed by atoms with Crippen molar-refractivity contribution < 1.29 is 5.21 Å². The third kappa shape index (κ3) is 3.54. The molecule has 0 radical (unpaired) electrons. The van der Waals surface area contributed by atoms with E-state index in [9.17, 15) is 0 Å². The average Bonchev–Trinajstić information content (AvgIpc) is 2.99. The zero-order valence-electron chi connectivity index (χ0n) is 9.11. The summed E-state index contributed by atoms with van der Waals surface area (Å²) in [4.78, 5) is 2.36. The maximum Gasteiger partial charge on any atom is 0.139 e. The lowest BCUT2D eigenvalue weighted by Crippen LogP contribution is -2.32. The minimum absolute atomic E-state index is 0.331. The van der Waals surface area contributed by atoms with Gasteiger partial charge in [-0.15, -0.1) is 0 Å². The Balaban J connectivity index is 2.10. The molecule has 82 valence electrons. The number of amidine groups is 1. The molecule has 0 saturated heterocycles. The molecule has 1 saturated carbocycles. The van der Waals surface area contributed by atoms with Gasteiger partial charge in [0, 0.05) is 12.5 Å². The zero-order valence-corrected chi connectivity index (χ0v) is 9.11. The summed E-state index contributed by atoms with van der Waals surface area (Å²) >= 11 is 0. The number of oxime groups is 1. The lowest BCUT2D eigenvalue weighted by molar-refractivity contribution is 0.233. The van der Waals surface area contributed by atoms with E-state index in [2.05, 4.69) is 24.0 Å². The van der Waals surface area contributed by atoms with Gasteiger partial charge in [-0.1, -0.05) is 5.16 Å². The molecule has 1 aliphatic rings. The van der Waals surface area contributed by atoms with E-state index in [4.69, 9.17) is 10.9 Å². The largest absolute Gasteiger partial charge is 0.409 e. The second kappa shape index (κ2) is 5.20. The van der Waals surface area contributed by atoms with Crippen LogP contribution in [-0.4, -0.2) is 35.6 Å². The minimum atomic E-state index is 0.331. The van der Waals surface area contributed by atoms with Crippen LogP contribution in [0.25, 0.3) is 0 Å². The van der Waals surface area contributed by atoms with Crippen LogP contribution in [0.2, 0.25) is 0 Å². The van der Waals surface area contributed by atoms with Crippen molar-refractivity contribution in [2.24, 2.45) is 16.8 Å². The molecule has 4 heteroatoms. The van der Waals surface area contributed by atoms with E-state index in [1.807, 2.05) is 0 Å². The second-order valence-corrected chi connectivity index (χ2v) is 4.25. The standard InChI is InChI=1S/C10H21N3O/c1-8(9-5-6-9)13(2)7-3-4-10(11)12-14/h8-9,14H,3-7H2,1-2H3,(H2,11,12). The van der Waals surface area contributed by atoms with E-state index in [0.29, 0.717) is 18.3 Å². The fraction of sp³-hybridized carbons (Fsp3) is 0.900. The molecule has 1 aliphatic carbocycles. The molecule has 0 aromatic heterocycles. The highest BCUT2D eigenvalue weighted by Gasteiger charge is 2.29. The Hall–Kier alpha value is -0.770. The van der Waals surface area contributed by atoms with Gasteiger partial charge in [0.15, 0.2) is 0 Å². The molecule has 0 aromatic rings. The first kappa shape index (κ1) is 11.3. The number of rotatable bonds is 6. The smallest absolute Gasteiger partial charge is 0.139 e. The van der Waals surface area contributed by atoms with Gasteiger partial charge in [-0.3, -0.25) is 0 Å². The Morgan fingerprint density at radius 1 is 1.64 bits per heavy atom. The third-order valence-corrected chi connectivity index (χ3v) is 3.07. The van der Waals surface area contributed by atoms with Crippen LogP contribution in [0, 0.1) is 5.92 Å². The molecular weight excluding hydrogens is 178 g/mol. The van der Waals surface area contributed by atoms with Gasteiger partial charge in [-0.25, -0.2) is 0 Å². The predicted molar refractivity (Wildman–Crippen MR) is 57.5 cm³/mol. The summed E-state index contributed by atoms with van der Waals surface area (Å²) in [5, 5.41) is 11.3. The molecule has 3 N–H and O–H groups in total. The van der Waals surface area contributed by atoms with Gasteiger partial charge < -0.3 is 15.8 Å². The summed E-state index contributed by atoms with van der Waals surface area (Å²) in [6.07, 6.45) is 4.40. The van der Waals surface area contributed by atoms with E-state index >= 15 is 0 Å². The second-order valence-electron chi connectivity index (χ2n) is 4.25. The molecule has 0 amide bonds. The van der Waals surface area contributed by atoms with Crippen LogP contribution in [0.1, 0.15) is 32.6 Å². The van der Waals surface area contributed by atoms with Gasteiger partial charge >= 0.3 is 0 Å². The fourth-order valence-corrected chi connectivity index (χ4v) is 1.70. The Morgan fingerprint density at radius 2 is 2.29 bits per heavy atom. The number of hydrogen-bond acceptors (Lipinski definition) is 3. The van der Waals surface area contributed by atoms with Gasteiger partial charge in [0.2, 0.25) is 0 Å². The third-order valence-electron chi connectivity index (χ3n) is 3.07. The first-order chi connectivity index (χ1) is 6.65. The monoisotopic (exact) mass is 199 g/mol. The van der Waals surface area contributed by atoms with Crippen LogP contribution in [0.3, 0.4) is 0 Å². The Kier molecular flexibility index (Phi) is 4.20. The Labute approximate surface area is 85.8 Å². The number of nitrogens with two attached hydrogens (primary N) is 1. The van der Waals surface area contributed by atoms with Crippen LogP contribution in [0.15, 0.2) is 5.16 Å². The topological polar surface area (TPSA) is 61.8 Å². The molecule has 0 bridgehead atoms. The minimum Gasteiger partial charge on any atom is -0.409 e. The van der Waals surface area contributed by atoms with Crippen LogP contribution >= 0.6 is 0 Å². The number of hydrogen-bond donors (Lipinski definition) is 2. The average molecular weight is 199 g/mol. The van der Waals surface area contributed by atoms with Gasteiger partial charge in [0.1, 0.15) is 5.84 Å². The summed E-state index contributed by atoms with van der Waals surface area (Å²) in [7, 11) is 2.15. The molecule has 14 heavy (non-hydrogen) atoms. The highest BCUT2D eigenvalue weighted by molar-refractivity contribution is 5.79. The van der Waals surface area contributed by atoms with E-state index < -0.39 is 0 Å². The summed E-state index contributed by atoms with van der Waals surface area (Å²) in [5.41, 5.74) is 5.39. The molecule has 1 unspecified atom stereocenters. The van der Waals surface area contributed by atoms with Crippen molar-refractivity contribution in [1.82, 2.24) is 4.90 Å². The van der Waals surface area contributed by atoms with Crippen molar-refractivity contribution in [3.8, 4) is 0 Å². The van der Waals surface area contributed by atoms with Crippen molar-refractivity contribution in [1.29, 1.82) is 0 Å². The van der Waals surface area contributed by atoms with Crippen LogP contribution in [0.5, 0.6) is 0 Å². The first-order valence-corrected chi connectivity index (χ1v) is 5.31. The van der Waals surface area contributed by atoms with Crippen molar-refractivity contribution in [3.63, 3.8) is 0 Å². The van der Waals surface area contributed by atoms with Crippen LogP contribution in [-0.2, 0) is 0 Å². The molecular formula is C10H21N3O. The summed E-state index contributed by atoms with van der Waals surface area (Å²) < 4.78 is 0. The molecule has 4 nitrogen and oxygen atoms in total. The zero-order chi connectivity index (χ0) is 10.6. The fourth-order valence-electron chi connectivity index (χ4n) is 1.70. The molecule has 0 heterocycles. The molecule has 1 rings (SSSR count). The Morgan fingerprint density at radius 3 is 2.79 bits per heavy atom. The summed E-state index contributed by atoms with van der Waals surface area (Å²) in [6, 6.07) is 0.683. The molecule has 0 aromatic carbocycles. The van der Waals surface area contributed by atoms with E-state index in [-0.39, 0.29) is 0 Å². The van der Waals surface area contributed by atoms with Gasteiger partial charge in [0.25, 0.3) is 0 Å². The lowest BCUT2D eigenvalue weighted by atomic mass is 10.2. The maximum atomic E-state index is 8.36. The SMILES string of the molecule is CC(C1CC1)N(C)CCC/C(N)=N/O. The summed E-state index contributed by atoms with van der Waals surface area (Å²) in [5.74, 6) is 1.24. The molecule has 0 spiro atoms. The van der Waals surface area contributed by atoms with E-state index in [1.54, 1.807) is 0 Å². The van der Waals surface area contributed by atoms with Crippen molar-refractivity contribution >= 4 is 5.84 Å². The van der Waals surface area contributed by atoms with Gasteiger partial charge in [-0.2, -0.15) is 0 Å². The molecule has 0 aliphatic heterocycles. The number of nitrogens with zero attached hydrogens (tertiary/aromatic N) is 2. The highest BCUT2D eigenvalue weighted by Crippen LogP contribution is 2.34. The lowest BCUT2D eigenvalue weighted by Gasteiger charge is -2.24. The molecule has 1 fully saturated rings. The van der Waals surface area contributed by atoms with Crippen molar-refractivity contribution in [2.75, 3.05) is 13.6 Å². The quantitative estimate of drug-likeness (QED) is 0.293. The van der Waals surface area contributed by atoms with E-state index in [1.165, 1.54) is 12.8 Å². The van der Waals surface area contributed by atoms with Gasteiger partial charge in [0.05, 0.1) is 0 Å². The van der Waals surface area contributed by atoms with Gasteiger partial charge in [-0.05, 0) is 45.7 Å². The highest BCUT2D eigenvalue weighted by atomic mass is 16.4. The van der Waals surface area contributed by atoms with Crippen LogP contribution < -0.4 is 5.73 Å². The Bertz CT molecular complexity index is 202. The van der Waals surface area contributed by atoms with Crippen LogP contribution in [0.4, 0.5) is 0 Å². The predicted octanol–water partition coefficient (Wildman–Crippen LogP) is 1.24. The van der Waals surface area contributed by atoms with Crippen molar-refractivity contribution in [2.45, 2.75) is 38.6 Å². The first-order valence-electron chi connectivity index (χ1n) is 5.31. The van der Waals surface area contributed by atoms with E-state index in [0.717, 1.165) is 18.9 Å². The molecule has 1 atom stereocenters. The normalized spacial score (nSPS) is 20.1. The summed E-state index contributed by atoms with van der Waals surface area (Å²) in [6.45, 7) is 3.30. The van der Waals surface area contributed by atoms with Crippen molar-refractivity contribution in [3.05, 3.63) is 0 Å².